The molecule has 1 unspecified atom stereocenters. The van der Waals surface area contributed by atoms with Gasteiger partial charge in [-0.05, 0) is 37.1 Å². The van der Waals surface area contributed by atoms with Gasteiger partial charge in [0, 0.05) is 18.7 Å². The molecule has 1 fully saturated rings. The Hall–Kier alpha value is -1.88. The molecule has 10 heteroatoms. The number of aromatic nitrogens is 2. The van der Waals surface area contributed by atoms with Gasteiger partial charge >= 0.3 is 0 Å². The lowest BCUT2D eigenvalue weighted by atomic mass is 10.2. The van der Waals surface area contributed by atoms with Crippen molar-refractivity contribution in [1.29, 1.82) is 0 Å². The second kappa shape index (κ2) is 7.34. The van der Waals surface area contributed by atoms with Crippen LogP contribution in [0.4, 0.5) is 5.13 Å². The smallest absolute Gasteiger partial charge is 0.257 e. The van der Waals surface area contributed by atoms with Crippen LogP contribution in [0.2, 0.25) is 0 Å². The monoisotopic (exact) mass is 368 g/mol. The highest BCUT2D eigenvalue weighted by Crippen LogP contribution is 2.15. The van der Waals surface area contributed by atoms with Crippen molar-refractivity contribution >= 4 is 32.4 Å². The van der Waals surface area contributed by atoms with Crippen LogP contribution in [0.1, 0.15) is 23.2 Å². The van der Waals surface area contributed by atoms with Gasteiger partial charge in [-0.2, -0.15) is 0 Å². The molecule has 1 aromatic heterocycles. The molecule has 8 nitrogen and oxygen atoms in total. The van der Waals surface area contributed by atoms with Crippen molar-refractivity contribution in [3.05, 3.63) is 35.3 Å². The zero-order valence-corrected chi connectivity index (χ0v) is 14.3. The first kappa shape index (κ1) is 17.0. The minimum absolute atomic E-state index is 0.0725. The maximum atomic E-state index is 12.2. The second-order valence-electron chi connectivity index (χ2n) is 5.21. The van der Waals surface area contributed by atoms with Crippen LogP contribution in [0.15, 0.2) is 34.7 Å². The largest absolute Gasteiger partial charge is 0.377 e. The SMILES string of the molecule is O=C(Nc1nncs1)c1ccc(S(=O)(=O)NCC2CCCO2)cc1. The number of sulfonamides is 1. The van der Waals surface area contributed by atoms with Gasteiger partial charge in [0.05, 0.1) is 11.0 Å². The Kier molecular flexibility index (Phi) is 5.19. The van der Waals surface area contributed by atoms with Crippen molar-refractivity contribution in [2.75, 3.05) is 18.5 Å². The van der Waals surface area contributed by atoms with E-state index in [0.717, 1.165) is 12.8 Å². The number of nitrogens with one attached hydrogen (secondary N) is 2. The predicted molar refractivity (Wildman–Crippen MR) is 88.5 cm³/mol. The van der Waals surface area contributed by atoms with E-state index in [1.165, 1.54) is 41.1 Å². The fraction of sp³-hybridized carbons (Fsp3) is 0.357. The molecule has 128 valence electrons. The third-order valence-corrected chi connectivity index (χ3v) is 5.58. The number of carbonyl (C=O) groups excluding carboxylic acids is 1. The first-order valence-electron chi connectivity index (χ1n) is 7.33. The van der Waals surface area contributed by atoms with E-state index >= 15 is 0 Å². The molecule has 1 amide bonds. The number of hydrogen-bond donors (Lipinski definition) is 2. The van der Waals surface area contributed by atoms with Gasteiger partial charge in [0.15, 0.2) is 0 Å². The molecular weight excluding hydrogens is 352 g/mol. The molecule has 2 N–H and O–H groups in total. The van der Waals surface area contributed by atoms with E-state index in [-0.39, 0.29) is 23.5 Å². The summed E-state index contributed by atoms with van der Waals surface area (Å²) in [4.78, 5) is 12.1. The highest BCUT2D eigenvalue weighted by atomic mass is 32.2. The van der Waals surface area contributed by atoms with Gasteiger partial charge in [0.1, 0.15) is 5.51 Å². The Morgan fingerprint density at radius 3 is 2.75 bits per heavy atom. The fourth-order valence-electron chi connectivity index (χ4n) is 2.27. The third kappa shape index (κ3) is 4.15. The van der Waals surface area contributed by atoms with Gasteiger partial charge < -0.3 is 4.74 Å². The summed E-state index contributed by atoms with van der Waals surface area (Å²) in [5.41, 5.74) is 1.84. The van der Waals surface area contributed by atoms with E-state index in [1.807, 2.05) is 0 Å². The summed E-state index contributed by atoms with van der Waals surface area (Å²) in [6.07, 6.45) is 1.73. The lowest BCUT2D eigenvalue weighted by molar-refractivity contribution is 0.102. The van der Waals surface area contributed by atoms with E-state index in [9.17, 15) is 13.2 Å². The zero-order chi connectivity index (χ0) is 17.0. The average molecular weight is 368 g/mol. The number of ether oxygens (including phenoxy) is 1. The van der Waals surface area contributed by atoms with E-state index < -0.39 is 10.0 Å². The first-order chi connectivity index (χ1) is 11.5. The third-order valence-electron chi connectivity index (χ3n) is 3.53. The molecule has 0 saturated carbocycles. The van der Waals surface area contributed by atoms with Crippen LogP contribution in [0.3, 0.4) is 0 Å². The predicted octanol–water partition coefficient (Wildman–Crippen LogP) is 1.25. The Bertz CT molecular complexity index is 785. The minimum Gasteiger partial charge on any atom is -0.377 e. The number of benzene rings is 1. The minimum atomic E-state index is -3.62. The van der Waals surface area contributed by atoms with Gasteiger partial charge in [-0.1, -0.05) is 11.3 Å². The Balaban J connectivity index is 1.63. The van der Waals surface area contributed by atoms with Crippen molar-refractivity contribution in [2.45, 2.75) is 23.8 Å². The van der Waals surface area contributed by atoms with Crippen LogP contribution < -0.4 is 10.0 Å². The van der Waals surface area contributed by atoms with Crippen LogP contribution in [-0.2, 0) is 14.8 Å². The molecule has 1 aliphatic heterocycles. The number of hydrogen-bond acceptors (Lipinski definition) is 7. The van der Waals surface area contributed by atoms with Gasteiger partial charge in [-0.25, -0.2) is 13.1 Å². The maximum absolute atomic E-state index is 12.2. The van der Waals surface area contributed by atoms with Gasteiger partial charge in [0.2, 0.25) is 15.2 Å². The molecular formula is C14H16N4O4S2. The summed E-state index contributed by atoms with van der Waals surface area (Å²) in [5.74, 6) is -0.372. The van der Waals surface area contributed by atoms with E-state index in [1.54, 1.807) is 0 Å². The highest BCUT2D eigenvalue weighted by molar-refractivity contribution is 7.89. The summed E-state index contributed by atoms with van der Waals surface area (Å²) in [6, 6.07) is 5.70. The van der Waals surface area contributed by atoms with Gasteiger partial charge in [0.25, 0.3) is 5.91 Å². The molecule has 2 heterocycles. The first-order valence-corrected chi connectivity index (χ1v) is 9.70. The fourth-order valence-corrected chi connectivity index (χ4v) is 3.78. The molecule has 0 radical (unpaired) electrons. The van der Waals surface area contributed by atoms with Crippen molar-refractivity contribution in [3.8, 4) is 0 Å². The molecule has 24 heavy (non-hydrogen) atoms. The number of anilines is 1. The van der Waals surface area contributed by atoms with Gasteiger partial charge in [-0.15, -0.1) is 10.2 Å². The van der Waals surface area contributed by atoms with Crippen molar-refractivity contribution in [2.24, 2.45) is 0 Å². The maximum Gasteiger partial charge on any atom is 0.257 e. The second-order valence-corrected chi connectivity index (χ2v) is 7.81. The van der Waals surface area contributed by atoms with Crippen LogP contribution in [0, 0.1) is 0 Å². The van der Waals surface area contributed by atoms with Crippen LogP contribution in [0.5, 0.6) is 0 Å². The summed E-state index contributed by atoms with van der Waals surface area (Å²) < 4.78 is 32.4. The van der Waals surface area contributed by atoms with Crippen molar-refractivity contribution in [3.63, 3.8) is 0 Å². The molecule has 1 saturated heterocycles. The number of nitrogens with zero attached hydrogens (tertiary/aromatic N) is 2. The lowest BCUT2D eigenvalue weighted by Crippen LogP contribution is -2.31. The van der Waals surface area contributed by atoms with Gasteiger partial charge in [-0.3, -0.25) is 10.1 Å². The number of amides is 1. The summed E-state index contributed by atoms with van der Waals surface area (Å²) in [5, 5.41) is 10.3. The lowest BCUT2D eigenvalue weighted by Gasteiger charge is -2.11. The standard InChI is InChI=1S/C14H16N4O4S2/c19-13(17-14-18-15-9-23-14)10-3-5-12(6-4-10)24(20,21)16-8-11-2-1-7-22-11/h3-6,9,11,16H,1-2,7-8H2,(H,17,18,19). The zero-order valence-electron chi connectivity index (χ0n) is 12.6. The molecule has 0 spiro atoms. The molecule has 1 atom stereocenters. The van der Waals surface area contributed by atoms with E-state index in [2.05, 4.69) is 20.2 Å². The molecule has 1 aliphatic rings. The van der Waals surface area contributed by atoms with E-state index in [4.69, 9.17) is 4.74 Å². The molecule has 0 aliphatic carbocycles. The Labute approximate surface area is 143 Å². The Morgan fingerprint density at radius 2 is 2.12 bits per heavy atom. The Morgan fingerprint density at radius 1 is 1.33 bits per heavy atom. The average Bonchev–Trinajstić information content (AvgIpc) is 3.27. The number of rotatable bonds is 6. The molecule has 2 aromatic rings. The number of carbonyl (C=O) groups is 1. The summed E-state index contributed by atoms with van der Waals surface area (Å²) in [6.45, 7) is 0.923. The molecule has 3 rings (SSSR count). The van der Waals surface area contributed by atoms with Crippen molar-refractivity contribution < 1.29 is 17.9 Å². The van der Waals surface area contributed by atoms with Crippen LogP contribution in [0.25, 0.3) is 0 Å². The molecule has 0 bridgehead atoms. The van der Waals surface area contributed by atoms with Crippen LogP contribution >= 0.6 is 11.3 Å². The quantitative estimate of drug-likeness (QED) is 0.794. The van der Waals surface area contributed by atoms with Crippen LogP contribution in [-0.4, -0.2) is 43.8 Å². The highest BCUT2D eigenvalue weighted by Gasteiger charge is 2.20. The summed E-state index contributed by atoms with van der Waals surface area (Å²) in [7, 11) is -3.62. The normalized spacial score (nSPS) is 17.8. The molecule has 1 aromatic carbocycles. The topological polar surface area (TPSA) is 110 Å². The van der Waals surface area contributed by atoms with Crippen molar-refractivity contribution in [1.82, 2.24) is 14.9 Å². The summed E-state index contributed by atoms with van der Waals surface area (Å²) >= 11 is 1.20. The van der Waals surface area contributed by atoms with E-state index in [0.29, 0.717) is 17.3 Å².